The molecule has 0 saturated carbocycles. The summed E-state index contributed by atoms with van der Waals surface area (Å²) in [6.07, 6.45) is 3.30. The van der Waals surface area contributed by atoms with Crippen molar-refractivity contribution in [1.29, 1.82) is 0 Å². The normalized spacial score (nSPS) is 13.3. The number of rotatable bonds is 11. The molecule has 0 saturated heterocycles. The fourth-order valence-electron chi connectivity index (χ4n) is 4.17. The highest BCUT2D eigenvalue weighted by Crippen LogP contribution is 2.32. The van der Waals surface area contributed by atoms with E-state index in [1.165, 1.54) is 6.08 Å². The molecule has 41 heavy (non-hydrogen) atoms. The summed E-state index contributed by atoms with van der Waals surface area (Å²) in [6, 6.07) is 19.3. The first-order valence-electron chi connectivity index (χ1n) is 14.1. The topological polar surface area (TPSA) is 82.1 Å². The van der Waals surface area contributed by atoms with Crippen molar-refractivity contribution in [2.24, 2.45) is 5.92 Å². The molecule has 1 atom stereocenters. The molecule has 224 valence electrons. The molecule has 0 amide bonds. The van der Waals surface area contributed by atoms with Crippen molar-refractivity contribution in [3.63, 3.8) is 0 Å². The van der Waals surface area contributed by atoms with Gasteiger partial charge >= 0.3 is 17.9 Å². The molecule has 2 aromatic rings. The number of hydrogen-bond acceptors (Lipinski definition) is 7. The second-order valence-corrected chi connectivity index (χ2v) is 13.1. The molecule has 2 rings (SSSR count). The van der Waals surface area contributed by atoms with E-state index in [1.54, 1.807) is 47.6 Å². The standard InChI is InChI=1S/C34H47NO6/c1-32(2,3)39-29(36)21-16-22-35(24-25-17-12-10-13-18-25)28(26-19-14-11-15-20-26)23-27(30(37)40-33(4,5)6)31(38)41-34(7,8)9/h10-21,27-28H,22-24H2,1-9H3/b21-16-/t28-/m1/s1. The van der Waals surface area contributed by atoms with Gasteiger partial charge in [-0.15, -0.1) is 0 Å². The largest absolute Gasteiger partial charge is 0.459 e. The van der Waals surface area contributed by atoms with Crippen LogP contribution in [0, 0.1) is 5.92 Å². The predicted molar refractivity (Wildman–Crippen MR) is 161 cm³/mol. The predicted octanol–water partition coefficient (Wildman–Crippen LogP) is 6.82. The van der Waals surface area contributed by atoms with Crippen molar-refractivity contribution >= 4 is 17.9 Å². The molecule has 0 fully saturated rings. The molecule has 0 heterocycles. The fourth-order valence-corrected chi connectivity index (χ4v) is 4.17. The quantitative estimate of drug-likeness (QED) is 0.128. The summed E-state index contributed by atoms with van der Waals surface area (Å²) in [4.78, 5) is 41.4. The van der Waals surface area contributed by atoms with Gasteiger partial charge in [0.05, 0.1) is 0 Å². The zero-order valence-corrected chi connectivity index (χ0v) is 26.1. The minimum Gasteiger partial charge on any atom is -0.459 e. The highest BCUT2D eigenvalue weighted by atomic mass is 16.6. The Balaban J connectivity index is 2.53. The molecule has 7 heteroatoms. The fraction of sp³-hybridized carbons (Fsp3) is 0.500. The van der Waals surface area contributed by atoms with Gasteiger partial charge in [0.2, 0.25) is 0 Å². The van der Waals surface area contributed by atoms with E-state index in [0.29, 0.717) is 13.1 Å². The Bertz CT molecular complexity index is 1130. The van der Waals surface area contributed by atoms with Crippen LogP contribution in [-0.2, 0) is 35.1 Å². The van der Waals surface area contributed by atoms with Gasteiger partial charge in [-0.05, 0) is 79.9 Å². The smallest absolute Gasteiger partial charge is 0.330 e. The summed E-state index contributed by atoms with van der Waals surface area (Å²) >= 11 is 0. The lowest BCUT2D eigenvalue weighted by Crippen LogP contribution is -2.40. The third-order valence-corrected chi connectivity index (χ3v) is 5.70. The molecule has 0 spiro atoms. The molecule has 2 aromatic carbocycles. The number of benzene rings is 2. The summed E-state index contributed by atoms with van der Waals surface area (Å²) in [5.41, 5.74) is -0.193. The van der Waals surface area contributed by atoms with Crippen LogP contribution < -0.4 is 0 Å². The van der Waals surface area contributed by atoms with Crippen LogP contribution in [0.5, 0.6) is 0 Å². The van der Waals surface area contributed by atoms with E-state index >= 15 is 0 Å². The SMILES string of the molecule is CC(C)(C)OC(=O)/C=C\CN(Cc1ccccc1)[C@H](CC(C(=O)OC(C)(C)C)C(=O)OC(C)(C)C)c1ccccc1. The summed E-state index contributed by atoms with van der Waals surface area (Å²) < 4.78 is 16.8. The lowest BCUT2D eigenvalue weighted by molar-refractivity contribution is -0.175. The second-order valence-electron chi connectivity index (χ2n) is 13.1. The number of hydrogen-bond donors (Lipinski definition) is 0. The van der Waals surface area contributed by atoms with Crippen molar-refractivity contribution in [3.05, 3.63) is 83.9 Å². The van der Waals surface area contributed by atoms with Gasteiger partial charge in [-0.25, -0.2) is 4.79 Å². The van der Waals surface area contributed by atoms with E-state index < -0.39 is 40.6 Å². The van der Waals surface area contributed by atoms with Crippen molar-refractivity contribution in [2.45, 2.75) is 98.1 Å². The molecule has 0 bridgehead atoms. The molecular weight excluding hydrogens is 518 g/mol. The van der Waals surface area contributed by atoms with Crippen LogP contribution in [0.2, 0.25) is 0 Å². The molecule has 0 aromatic heterocycles. The van der Waals surface area contributed by atoms with Crippen LogP contribution >= 0.6 is 0 Å². The highest BCUT2D eigenvalue weighted by Gasteiger charge is 2.38. The van der Waals surface area contributed by atoms with Crippen LogP contribution in [-0.4, -0.2) is 46.2 Å². The van der Waals surface area contributed by atoms with Crippen LogP contribution in [0.3, 0.4) is 0 Å². The van der Waals surface area contributed by atoms with Crippen molar-refractivity contribution in [2.75, 3.05) is 6.54 Å². The van der Waals surface area contributed by atoms with E-state index in [0.717, 1.165) is 11.1 Å². The maximum absolute atomic E-state index is 13.5. The molecule has 7 nitrogen and oxygen atoms in total. The van der Waals surface area contributed by atoms with Gasteiger partial charge in [0.1, 0.15) is 16.8 Å². The Kier molecular flexibility index (Phi) is 11.9. The monoisotopic (exact) mass is 565 g/mol. The molecule has 0 N–H and O–H groups in total. The van der Waals surface area contributed by atoms with Gasteiger partial charge < -0.3 is 14.2 Å². The summed E-state index contributed by atoms with van der Waals surface area (Å²) in [6.45, 7) is 17.0. The Morgan fingerprint density at radius 3 is 1.63 bits per heavy atom. The minimum atomic E-state index is -1.16. The van der Waals surface area contributed by atoms with Crippen LogP contribution in [0.15, 0.2) is 72.8 Å². The summed E-state index contributed by atoms with van der Waals surface area (Å²) in [5.74, 6) is -2.85. The first kappa shape index (κ1) is 33.8. The van der Waals surface area contributed by atoms with Crippen molar-refractivity contribution in [1.82, 2.24) is 4.90 Å². The first-order valence-corrected chi connectivity index (χ1v) is 14.1. The zero-order valence-electron chi connectivity index (χ0n) is 26.1. The average Bonchev–Trinajstić information content (AvgIpc) is 2.82. The minimum absolute atomic E-state index is 0.126. The van der Waals surface area contributed by atoms with Gasteiger partial charge in [-0.2, -0.15) is 0 Å². The van der Waals surface area contributed by atoms with E-state index in [4.69, 9.17) is 14.2 Å². The number of esters is 3. The number of carbonyl (C=O) groups excluding carboxylic acids is 3. The summed E-state index contributed by atoms with van der Waals surface area (Å²) in [5, 5.41) is 0. The summed E-state index contributed by atoms with van der Waals surface area (Å²) in [7, 11) is 0. The molecule has 0 aliphatic rings. The van der Waals surface area contributed by atoms with Crippen LogP contribution in [0.25, 0.3) is 0 Å². The maximum atomic E-state index is 13.5. The third kappa shape index (κ3) is 13.2. The third-order valence-electron chi connectivity index (χ3n) is 5.70. The van der Waals surface area contributed by atoms with E-state index in [9.17, 15) is 14.4 Å². The van der Waals surface area contributed by atoms with Crippen molar-refractivity contribution < 1.29 is 28.6 Å². The Morgan fingerprint density at radius 2 is 1.17 bits per heavy atom. The van der Waals surface area contributed by atoms with Gasteiger partial charge in [-0.1, -0.05) is 66.7 Å². The van der Waals surface area contributed by atoms with E-state index in [-0.39, 0.29) is 12.5 Å². The van der Waals surface area contributed by atoms with Gasteiger partial charge in [0, 0.05) is 25.2 Å². The number of ether oxygens (including phenoxy) is 3. The van der Waals surface area contributed by atoms with E-state index in [2.05, 4.69) is 4.90 Å². The Labute approximate surface area is 245 Å². The highest BCUT2D eigenvalue weighted by molar-refractivity contribution is 5.95. The van der Waals surface area contributed by atoms with Crippen LogP contribution in [0.1, 0.15) is 85.9 Å². The van der Waals surface area contributed by atoms with Crippen molar-refractivity contribution in [3.8, 4) is 0 Å². The average molecular weight is 566 g/mol. The molecule has 0 radical (unpaired) electrons. The lowest BCUT2D eigenvalue weighted by Gasteiger charge is -2.34. The lowest BCUT2D eigenvalue weighted by atomic mass is 9.92. The second kappa shape index (κ2) is 14.4. The molecule has 0 unspecified atom stereocenters. The first-order chi connectivity index (χ1) is 18.9. The number of carbonyl (C=O) groups is 3. The Morgan fingerprint density at radius 1 is 0.707 bits per heavy atom. The van der Waals surface area contributed by atoms with Gasteiger partial charge in [0.25, 0.3) is 0 Å². The zero-order chi connectivity index (χ0) is 30.8. The maximum Gasteiger partial charge on any atom is 0.330 e. The van der Waals surface area contributed by atoms with Gasteiger partial charge in [0.15, 0.2) is 5.92 Å². The molecular formula is C34H47NO6. The number of nitrogens with zero attached hydrogens (tertiary/aromatic N) is 1. The Hall–Kier alpha value is -3.45. The molecule has 0 aliphatic heterocycles. The van der Waals surface area contributed by atoms with Crippen LogP contribution in [0.4, 0.5) is 0 Å². The van der Waals surface area contributed by atoms with Gasteiger partial charge in [-0.3, -0.25) is 14.5 Å². The molecule has 0 aliphatic carbocycles. The van der Waals surface area contributed by atoms with E-state index in [1.807, 2.05) is 81.4 Å².